The molecule has 7 heteroatoms. The molecule has 0 spiro atoms. The molecule has 0 unspecified atom stereocenters. The standard InChI is InChI=1S/C20H23FN6/c1-13-10-18(25-20(22-2)24-13)27-9-3-4-15(12-27)19-17(11-23-26-19)14-5-7-16(21)8-6-14/h5-8,10-11,15H,3-4,9,12H2,1-2H3,(H,23,26)(H,22,24,25)/t15-/m0/s1. The third-order valence-electron chi connectivity index (χ3n) is 5.04. The summed E-state index contributed by atoms with van der Waals surface area (Å²) >= 11 is 0. The Morgan fingerprint density at radius 2 is 2.04 bits per heavy atom. The van der Waals surface area contributed by atoms with E-state index in [2.05, 4.69) is 30.4 Å². The summed E-state index contributed by atoms with van der Waals surface area (Å²) in [7, 11) is 1.83. The van der Waals surface area contributed by atoms with Crippen molar-refractivity contribution < 1.29 is 4.39 Å². The lowest BCUT2D eigenvalue weighted by Gasteiger charge is -2.33. The van der Waals surface area contributed by atoms with Crippen molar-refractivity contribution in [1.29, 1.82) is 0 Å². The lowest BCUT2D eigenvalue weighted by atomic mass is 9.90. The van der Waals surface area contributed by atoms with E-state index in [0.717, 1.165) is 54.3 Å². The number of hydrogen-bond donors (Lipinski definition) is 2. The number of aryl methyl sites for hydroxylation is 1. The van der Waals surface area contributed by atoms with Crippen molar-refractivity contribution >= 4 is 11.8 Å². The lowest BCUT2D eigenvalue weighted by molar-refractivity contribution is 0.498. The quantitative estimate of drug-likeness (QED) is 0.736. The summed E-state index contributed by atoms with van der Waals surface area (Å²) < 4.78 is 13.3. The van der Waals surface area contributed by atoms with Crippen LogP contribution in [0.15, 0.2) is 36.5 Å². The summed E-state index contributed by atoms with van der Waals surface area (Å²) in [5.41, 5.74) is 4.06. The van der Waals surface area contributed by atoms with Crippen LogP contribution in [0.25, 0.3) is 11.1 Å². The zero-order valence-electron chi connectivity index (χ0n) is 15.5. The maximum absolute atomic E-state index is 13.3. The number of hydrogen-bond acceptors (Lipinski definition) is 5. The van der Waals surface area contributed by atoms with Crippen LogP contribution >= 0.6 is 0 Å². The summed E-state index contributed by atoms with van der Waals surface area (Å²) in [6, 6.07) is 8.61. The van der Waals surface area contributed by atoms with Crippen molar-refractivity contribution in [2.75, 3.05) is 30.4 Å². The molecular formula is C20H23FN6. The molecule has 0 bridgehead atoms. The molecule has 2 aromatic heterocycles. The van der Waals surface area contributed by atoms with Crippen LogP contribution in [0.4, 0.5) is 16.2 Å². The highest BCUT2D eigenvalue weighted by molar-refractivity contribution is 5.66. The van der Waals surface area contributed by atoms with E-state index >= 15 is 0 Å². The van der Waals surface area contributed by atoms with Crippen LogP contribution in [0, 0.1) is 12.7 Å². The molecule has 1 aliphatic heterocycles. The van der Waals surface area contributed by atoms with E-state index in [1.54, 1.807) is 12.1 Å². The second-order valence-electron chi connectivity index (χ2n) is 6.93. The molecule has 1 aliphatic rings. The molecule has 6 nitrogen and oxygen atoms in total. The number of aromatic amines is 1. The molecule has 2 N–H and O–H groups in total. The predicted octanol–water partition coefficient (Wildman–Crippen LogP) is 3.74. The first-order valence-corrected chi connectivity index (χ1v) is 9.21. The third kappa shape index (κ3) is 3.63. The molecule has 4 rings (SSSR count). The van der Waals surface area contributed by atoms with Crippen LogP contribution in [0.1, 0.15) is 30.1 Å². The molecule has 0 saturated carbocycles. The Labute approximate surface area is 157 Å². The van der Waals surface area contributed by atoms with Gasteiger partial charge in [-0.3, -0.25) is 5.10 Å². The number of anilines is 2. The Morgan fingerprint density at radius 3 is 2.81 bits per heavy atom. The molecule has 3 heterocycles. The molecule has 1 atom stereocenters. The second-order valence-corrected chi connectivity index (χ2v) is 6.93. The number of aromatic nitrogens is 4. The Bertz CT molecular complexity index is 920. The van der Waals surface area contributed by atoms with Gasteiger partial charge in [-0.05, 0) is 37.5 Å². The molecule has 1 fully saturated rings. The minimum absolute atomic E-state index is 0.230. The van der Waals surface area contributed by atoms with E-state index in [0.29, 0.717) is 11.9 Å². The fourth-order valence-corrected chi connectivity index (χ4v) is 3.71. The van der Waals surface area contributed by atoms with Gasteiger partial charge in [0.05, 0.1) is 6.20 Å². The highest BCUT2D eigenvalue weighted by Gasteiger charge is 2.26. The maximum Gasteiger partial charge on any atom is 0.224 e. The first kappa shape index (κ1) is 17.5. The van der Waals surface area contributed by atoms with Gasteiger partial charge in [0, 0.05) is 49.1 Å². The van der Waals surface area contributed by atoms with Crippen LogP contribution in [-0.2, 0) is 0 Å². The molecule has 3 aromatic rings. The minimum Gasteiger partial charge on any atom is -0.357 e. The fourth-order valence-electron chi connectivity index (χ4n) is 3.71. The smallest absolute Gasteiger partial charge is 0.224 e. The van der Waals surface area contributed by atoms with E-state index in [9.17, 15) is 4.39 Å². The summed E-state index contributed by atoms with van der Waals surface area (Å²) in [5.74, 6) is 1.67. The molecule has 0 aliphatic carbocycles. The Balaban J connectivity index is 1.60. The minimum atomic E-state index is -0.230. The Hall–Kier alpha value is -2.96. The van der Waals surface area contributed by atoms with Crippen LogP contribution in [0.5, 0.6) is 0 Å². The van der Waals surface area contributed by atoms with E-state index < -0.39 is 0 Å². The molecule has 1 aromatic carbocycles. The Kier molecular flexibility index (Phi) is 4.75. The van der Waals surface area contributed by atoms with E-state index in [1.165, 1.54) is 12.1 Å². The fraction of sp³-hybridized carbons (Fsp3) is 0.350. The highest BCUT2D eigenvalue weighted by atomic mass is 19.1. The van der Waals surface area contributed by atoms with Gasteiger partial charge in [-0.2, -0.15) is 10.1 Å². The number of nitrogens with zero attached hydrogens (tertiary/aromatic N) is 4. The number of rotatable bonds is 4. The van der Waals surface area contributed by atoms with Crippen LogP contribution in [-0.4, -0.2) is 40.3 Å². The molecule has 140 valence electrons. The van der Waals surface area contributed by atoms with Crippen molar-refractivity contribution in [1.82, 2.24) is 20.2 Å². The van der Waals surface area contributed by atoms with Gasteiger partial charge < -0.3 is 10.2 Å². The van der Waals surface area contributed by atoms with E-state index in [1.807, 2.05) is 26.2 Å². The number of benzene rings is 1. The first-order chi connectivity index (χ1) is 13.1. The van der Waals surface area contributed by atoms with Crippen molar-refractivity contribution in [2.24, 2.45) is 0 Å². The summed E-state index contributed by atoms with van der Waals surface area (Å²) in [6.45, 7) is 3.81. The first-order valence-electron chi connectivity index (χ1n) is 9.21. The van der Waals surface area contributed by atoms with Crippen molar-refractivity contribution in [3.63, 3.8) is 0 Å². The number of H-pyrrole nitrogens is 1. The average molecular weight is 366 g/mol. The molecule has 0 radical (unpaired) electrons. The topological polar surface area (TPSA) is 69.7 Å². The van der Waals surface area contributed by atoms with Gasteiger partial charge in [0.25, 0.3) is 0 Å². The Morgan fingerprint density at radius 1 is 1.22 bits per heavy atom. The molecule has 0 amide bonds. The zero-order valence-corrected chi connectivity index (χ0v) is 15.5. The zero-order chi connectivity index (χ0) is 18.8. The molecule has 27 heavy (non-hydrogen) atoms. The van der Waals surface area contributed by atoms with Gasteiger partial charge in [0.1, 0.15) is 11.6 Å². The van der Waals surface area contributed by atoms with Crippen LogP contribution < -0.4 is 10.2 Å². The third-order valence-corrected chi connectivity index (χ3v) is 5.04. The largest absolute Gasteiger partial charge is 0.357 e. The van der Waals surface area contributed by atoms with Crippen molar-refractivity contribution in [2.45, 2.75) is 25.7 Å². The summed E-state index contributed by atoms with van der Waals surface area (Å²) in [5, 5.41) is 10.5. The van der Waals surface area contributed by atoms with Crippen molar-refractivity contribution in [3.05, 3.63) is 53.7 Å². The summed E-state index contributed by atoms with van der Waals surface area (Å²) in [4.78, 5) is 11.3. The second kappa shape index (κ2) is 7.34. The van der Waals surface area contributed by atoms with Crippen LogP contribution in [0.2, 0.25) is 0 Å². The number of piperidine rings is 1. The van der Waals surface area contributed by atoms with Crippen LogP contribution in [0.3, 0.4) is 0 Å². The van der Waals surface area contributed by atoms with Crippen molar-refractivity contribution in [3.8, 4) is 11.1 Å². The maximum atomic E-state index is 13.3. The van der Waals surface area contributed by atoms with Gasteiger partial charge in [-0.25, -0.2) is 9.37 Å². The van der Waals surface area contributed by atoms with Gasteiger partial charge >= 0.3 is 0 Å². The normalized spacial score (nSPS) is 17.1. The van der Waals surface area contributed by atoms with E-state index in [-0.39, 0.29) is 5.82 Å². The number of nitrogens with one attached hydrogen (secondary N) is 2. The van der Waals surface area contributed by atoms with Gasteiger partial charge in [-0.15, -0.1) is 0 Å². The molecular weight excluding hydrogens is 343 g/mol. The number of halogens is 1. The summed E-state index contributed by atoms with van der Waals surface area (Å²) in [6.07, 6.45) is 3.98. The monoisotopic (exact) mass is 366 g/mol. The molecule has 1 saturated heterocycles. The predicted molar refractivity (Wildman–Crippen MR) is 104 cm³/mol. The van der Waals surface area contributed by atoms with Gasteiger partial charge in [-0.1, -0.05) is 12.1 Å². The average Bonchev–Trinajstić information content (AvgIpc) is 3.18. The SMILES string of the molecule is CNc1nc(C)cc(N2CCC[C@H](c3[nH]ncc3-c3ccc(F)cc3)C2)n1. The highest BCUT2D eigenvalue weighted by Crippen LogP contribution is 2.34. The van der Waals surface area contributed by atoms with E-state index in [4.69, 9.17) is 0 Å². The van der Waals surface area contributed by atoms with Gasteiger partial charge in [0.15, 0.2) is 0 Å². The lowest BCUT2D eigenvalue weighted by Crippen LogP contribution is -2.35. The van der Waals surface area contributed by atoms with Gasteiger partial charge in [0.2, 0.25) is 5.95 Å².